The normalized spacial score (nSPS) is 12.5. The molecule has 0 fully saturated rings. The Bertz CT molecular complexity index is 2140. The fourth-order valence-corrected chi connectivity index (χ4v) is 7.38. The second-order valence-corrected chi connectivity index (χ2v) is 14.3. The van der Waals surface area contributed by atoms with Gasteiger partial charge in [-0.1, -0.05) is 23.7 Å². The van der Waals surface area contributed by atoms with Gasteiger partial charge in [0.05, 0.1) is 38.7 Å². The van der Waals surface area contributed by atoms with Crippen LogP contribution in [0.4, 0.5) is 20.8 Å². The van der Waals surface area contributed by atoms with Crippen LogP contribution in [0.15, 0.2) is 56.0 Å². The first-order valence-corrected chi connectivity index (χ1v) is 19.0. The average molecular weight is 817 g/mol. The number of sulfonamides is 1. The van der Waals surface area contributed by atoms with E-state index in [-0.39, 0.29) is 63.2 Å². The Hall–Kier alpha value is -4.77. The molecule has 0 radical (unpaired) electrons. The number of nitrogens with one attached hydrogen (secondary N) is 2. The summed E-state index contributed by atoms with van der Waals surface area (Å²) in [6, 6.07) is 7.16. The van der Waals surface area contributed by atoms with E-state index in [2.05, 4.69) is 30.0 Å². The maximum atomic E-state index is 14.3. The lowest BCUT2D eigenvalue weighted by molar-refractivity contribution is -0.137. The van der Waals surface area contributed by atoms with Gasteiger partial charge in [-0.25, -0.2) is 32.0 Å². The van der Waals surface area contributed by atoms with Crippen molar-refractivity contribution in [3.05, 3.63) is 61.7 Å². The molecule has 2 aromatic heterocycles. The van der Waals surface area contributed by atoms with E-state index in [9.17, 15) is 27.2 Å². The van der Waals surface area contributed by atoms with Crippen LogP contribution in [-0.2, 0) is 37.4 Å². The number of anilines is 1. The van der Waals surface area contributed by atoms with Crippen LogP contribution in [-0.4, -0.2) is 92.1 Å². The standard InChI is InChI=1S/C15H15ClFN3O3S2.C15H19N5O7S/c1-23-13(21)8-24-12-7-11(10(17)6-9(12)16)18-14-19-4-2-3-5-20(19)15(22)25-14;1-24-8-9-27-10-6-4-5-7-11(10)28(22,23)20-13(21)16-12-17-14(25-2)19-15(18-12)26-3/h6-7H,2-5,8H2,1H3;4-7H,8-9H2,1-3H3,(H2,16,17,18,19,20,21). The molecule has 0 atom stereocenters. The smallest absolute Gasteiger partial charge is 0.335 e. The highest BCUT2D eigenvalue weighted by atomic mass is 35.5. The van der Waals surface area contributed by atoms with Gasteiger partial charge in [0.1, 0.15) is 28.8 Å². The number of esters is 1. The van der Waals surface area contributed by atoms with Crippen molar-refractivity contribution in [2.75, 3.05) is 52.7 Å². The van der Waals surface area contributed by atoms with Crippen molar-refractivity contribution in [2.24, 2.45) is 4.99 Å². The molecule has 0 spiro atoms. The van der Waals surface area contributed by atoms with E-state index in [1.165, 1.54) is 52.7 Å². The topological polar surface area (TPSA) is 216 Å². The van der Waals surface area contributed by atoms with Gasteiger partial charge >= 0.3 is 28.9 Å². The Morgan fingerprint density at radius 2 is 1.70 bits per heavy atom. The second kappa shape index (κ2) is 19.3. The molecular weight excluding hydrogens is 783 g/mol. The largest absolute Gasteiger partial charge is 0.490 e. The Balaban J connectivity index is 0.000000238. The third-order valence-electron chi connectivity index (χ3n) is 6.78. The van der Waals surface area contributed by atoms with E-state index >= 15 is 0 Å². The first kappa shape index (κ1) is 41.0. The Morgan fingerprint density at radius 3 is 2.36 bits per heavy atom. The van der Waals surface area contributed by atoms with Gasteiger partial charge in [0, 0.05) is 25.1 Å². The van der Waals surface area contributed by atoms with E-state index in [4.69, 9.17) is 30.5 Å². The minimum Gasteiger partial charge on any atom is -0.490 e. The van der Waals surface area contributed by atoms with Gasteiger partial charge in [-0.2, -0.15) is 9.97 Å². The third kappa shape index (κ3) is 11.4. The number of amides is 2. The summed E-state index contributed by atoms with van der Waals surface area (Å²) in [5.74, 6) is -1.11. The van der Waals surface area contributed by atoms with Crippen molar-refractivity contribution in [1.82, 2.24) is 29.0 Å². The van der Waals surface area contributed by atoms with Crippen LogP contribution in [0.3, 0.4) is 0 Å². The SMILES string of the molecule is COC(=O)CSc1cc(N=c2sc(=O)n3n2CCCC3)c(F)cc1Cl.COCCOc1ccccc1S(=O)(=O)NC(=O)Nc1nc(OC)nc(OC)n1. The second-order valence-electron chi connectivity index (χ2n) is 10.3. The summed E-state index contributed by atoms with van der Waals surface area (Å²) >= 11 is 8.17. The molecule has 1 aliphatic heterocycles. The van der Waals surface area contributed by atoms with Gasteiger partial charge < -0.3 is 23.7 Å². The maximum Gasteiger partial charge on any atom is 0.335 e. The number of hydrogen-bond acceptors (Lipinski definition) is 16. The molecular formula is C30H34ClFN8O10S3. The van der Waals surface area contributed by atoms with Gasteiger partial charge in [0.2, 0.25) is 10.7 Å². The number of ether oxygens (including phenoxy) is 5. The predicted octanol–water partition coefficient (Wildman–Crippen LogP) is 3.22. The van der Waals surface area contributed by atoms with Crippen molar-refractivity contribution in [1.29, 1.82) is 0 Å². The summed E-state index contributed by atoms with van der Waals surface area (Å²) in [7, 11) is 1.16. The monoisotopic (exact) mass is 816 g/mol. The number of benzene rings is 2. The zero-order valence-electron chi connectivity index (χ0n) is 28.7. The molecule has 0 unspecified atom stereocenters. The molecule has 2 aromatic carbocycles. The lowest BCUT2D eigenvalue weighted by Gasteiger charge is -2.15. The fraction of sp³-hybridized carbons (Fsp3) is 0.367. The molecule has 286 valence electrons. The number of thioether (sulfide) groups is 1. The summed E-state index contributed by atoms with van der Waals surface area (Å²) in [6.07, 6.45) is 1.90. The van der Waals surface area contributed by atoms with E-state index in [0.717, 1.165) is 42.0 Å². The van der Waals surface area contributed by atoms with Crippen LogP contribution < -0.4 is 33.9 Å². The maximum absolute atomic E-state index is 14.3. The first-order valence-electron chi connectivity index (χ1n) is 15.3. The van der Waals surface area contributed by atoms with Crippen molar-refractivity contribution >= 4 is 68.4 Å². The number of aromatic nitrogens is 5. The number of nitrogens with zero attached hydrogens (tertiary/aromatic N) is 6. The van der Waals surface area contributed by atoms with Gasteiger partial charge in [-0.3, -0.25) is 19.6 Å². The molecule has 4 aromatic rings. The van der Waals surface area contributed by atoms with Crippen LogP contribution in [0.25, 0.3) is 0 Å². The number of carbonyl (C=O) groups is 2. The Labute approximate surface area is 315 Å². The minimum atomic E-state index is -4.24. The van der Waals surface area contributed by atoms with E-state index < -0.39 is 27.8 Å². The Kier molecular flexibility index (Phi) is 15.0. The highest BCUT2D eigenvalue weighted by Gasteiger charge is 2.23. The number of fused-ring (bicyclic) bond motifs is 1. The van der Waals surface area contributed by atoms with Crippen molar-refractivity contribution < 1.29 is 46.1 Å². The van der Waals surface area contributed by atoms with E-state index in [1.54, 1.807) is 15.4 Å². The van der Waals surface area contributed by atoms with Crippen LogP contribution in [0.2, 0.25) is 5.02 Å². The van der Waals surface area contributed by atoms with Crippen molar-refractivity contribution in [3.8, 4) is 17.8 Å². The van der Waals surface area contributed by atoms with Gasteiger partial charge in [0.15, 0.2) is 0 Å². The Morgan fingerprint density at radius 1 is 1.02 bits per heavy atom. The molecule has 18 nitrogen and oxygen atoms in total. The number of urea groups is 1. The average Bonchev–Trinajstić information content (AvgIpc) is 3.46. The highest BCUT2D eigenvalue weighted by molar-refractivity contribution is 8.00. The zero-order chi connectivity index (χ0) is 38.5. The van der Waals surface area contributed by atoms with E-state index in [1.807, 2.05) is 4.72 Å². The number of halogens is 2. The molecule has 5 rings (SSSR count). The van der Waals surface area contributed by atoms with Crippen LogP contribution in [0.1, 0.15) is 12.8 Å². The highest BCUT2D eigenvalue weighted by Crippen LogP contribution is 2.33. The lowest BCUT2D eigenvalue weighted by atomic mass is 10.3. The predicted molar refractivity (Wildman–Crippen MR) is 191 cm³/mol. The molecule has 1 aliphatic rings. The van der Waals surface area contributed by atoms with Crippen LogP contribution >= 0.6 is 34.7 Å². The van der Waals surface area contributed by atoms with Gasteiger partial charge in [0.25, 0.3) is 10.0 Å². The van der Waals surface area contributed by atoms with Gasteiger partial charge in [-0.05, 0) is 48.4 Å². The summed E-state index contributed by atoms with van der Waals surface area (Å²) in [6.45, 7) is 1.73. The molecule has 0 aliphatic carbocycles. The number of para-hydroxylation sites is 1. The number of rotatable bonds is 13. The molecule has 2 N–H and O–H groups in total. The van der Waals surface area contributed by atoms with Crippen LogP contribution in [0.5, 0.6) is 17.8 Å². The zero-order valence-corrected chi connectivity index (χ0v) is 31.9. The molecule has 53 heavy (non-hydrogen) atoms. The molecule has 0 bridgehead atoms. The fourth-order valence-electron chi connectivity index (χ4n) is 4.34. The molecule has 3 heterocycles. The number of carbonyl (C=O) groups excluding carboxylic acids is 2. The third-order valence-corrected chi connectivity index (χ3v) is 10.5. The lowest BCUT2D eigenvalue weighted by Crippen LogP contribution is -2.35. The number of methoxy groups -OCH3 is 4. The summed E-state index contributed by atoms with van der Waals surface area (Å²) in [5, 5.41) is 2.38. The quantitative estimate of drug-likeness (QED) is 0.113. The molecule has 23 heteroatoms. The van der Waals surface area contributed by atoms with Crippen LogP contribution in [0, 0.1) is 5.82 Å². The minimum absolute atomic E-state index is 0.0605. The summed E-state index contributed by atoms with van der Waals surface area (Å²) < 4.78 is 69.2. The molecule has 2 amide bonds. The summed E-state index contributed by atoms with van der Waals surface area (Å²) in [5.41, 5.74) is 0.0829. The first-order chi connectivity index (χ1) is 25.4. The number of hydrogen-bond donors (Lipinski definition) is 2. The van der Waals surface area contributed by atoms with Crippen molar-refractivity contribution in [2.45, 2.75) is 35.7 Å². The molecule has 0 saturated carbocycles. The van der Waals surface area contributed by atoms with Gasteiger partial charge in [-0.15, -0.1) is 16.7 Å². The summed E-state index contributed by atoms with van der Waals surface area (Å²) in [4.78, 5) is 51.7. The van der Waals surface area contributed by atoms with E-state index in [0.29, 0.717) is 22.8 Å². The molecule has 0 saturated heterocycles. The van der Waals surface area contributed by atoms with Crippen molar-refractivity contribution in [3.63, 3.8) is 0 Å².